The molecule has 1 heterocycles. The van der Waals surface area contributed by atoms with Crippen LogP contribution in [0.15, 0.2) is 18.2 Å². The van der Waals surface area contributed by atoms with E-state index in [2.05, 4.69) is 10.0 Å². The van der Waals surface area contributed by atoms with E-state index in [0.717, 1.165) is 37.9 Å². The Morgan fingerprint density at radius 1 is 1.30 bits per heavy atom. The van der Waals surface area contributed by atoms with Crippen molar-refractivity contribution in [3.05, 3.63) is 35.4 Å². The van der Waals surface area contributed by atoms with Crippen LogP contribution in [0.2, 0.25) is 0 Å². The van der Waals surface area contributed by atoms with Crippen LogP contribution in [0.5, 0.6) is 0 Å². The summed E-state index contributed by atoms with van der Waals surface area (Å²) in [6, 6.07) is 3.03. The molecule has 1 aromatic carbocycles. The standard InChI is InChI=1S/C13H18F2N2O2S/c14-11-5-4-10(13(15)7-11)8-17-20(18,19)9-12-3-1-2-6-16-12/h4-5,7,12,16-17H,1-3,6,8-9H2. The minimum atomic E-state index is -3.48. The zero-order chi connectivity index (χ0) is 14.6. The van der Waals surface area contributed by atoms with Crippen molar-refractivity contribution in [3.8, 4) is 0 Å². The van der Waals surface area contributed by atoms with Gasteiger partial charge in [-0.15, -0.1) is 0 Å². The van der Waals surface area contributed by atoms with Gasteiger partial charge in [-0.1, -0.05) is 12.5 Å². The fraction of sp³-hybridized carbons (Fsp3) is 0.538. The van der Waals surface area contributed by atoms with Crippen molar-refractivity contribution in [2.75, 3.05) is 12.3 Å². The SMILES string of the molecule is O=S(=O)(CC1CCCCN1)NCc1ccc(F)cc1F. The number of sulfonamides is 1. The topological polar surface area (TPSA) is 58.2 Å². The fourth-order valence-corrected chi connectivity index (χ4v) is 3.55. The van der Waals surface area contributed by atoms with E-state index in [-0.39, 0.29) is 23.9 Å². The van der Waals surface area contributed by atoms with Crippen molar-refractivity contribution < 1.29 is 17.2 Å². The Morgan fingerprint density at radius 3 is 2.75 bits per heavy atom. The number of piperidine rings is 1. The van der Waals surface area contributed by atoms with Crippen LogP contribution in [0.3, 0.4) is 0 Å². The maximum absolute atomic E-state index is 13.4. The fourth-order valence-electron chi connectivity index (χ4n) is 2.24. The highest BCUT2D eigenvalue weighted by atomic mass is 32.2. The summed E-state index contributed by atoms with van der Waals surface area (Å²) in [4.78, 5) is 0. The van der Waals surface area contributed by atoms with Crippen molar-refractivity contribution in [1.29, 1.82) is 0 Å². The van der Waals surface area contributed by atoms with Crippen LogP contribution in [-0.4, -0.2) is 26.8 Å². The molecule has 1 atom stereocenters. The van der Waals surface area contributed by atoms with Gasteiger partial charge in [-0.3, -0.25) is 0 Å². The van der Waals surface area contributed by atoms with E-state index in [1.807, 2.05) is 0 Å². The van der Waals surface area contributed by atoms with Crippen LogP contribution >= 0.6 is 0 Å². The van der Waals surface area contributed by atoms with Crippen LogP contribution in [0.25, 0.3) is 0 Å². The molecule has 0 bridgehead atoms. The molecular formula is C13H18F2N2O2S. The van der Waals surface area contributed by atoms with Crippen molar-refractivity contribution in [2.24, 2.45) is 0 Å². The van der Waals surface area contributed by atoms with Gasteiger partial charge < -0.3 is 5.32 Å². The molecule has 20 heavy (non-hydrogen) atoms. The maximum atomic E-state index is 13.4. The normalized spacial score (nSPS) is 20.0. The number of halogens is 2. The minimum absolute atomic E-state index is 0.0180. The van der Waals surface area contributed by atoms with Gasteiger partial charge in [0, 0.05) is 24.2 Å². The molecule has 1 aliphatic heterocycles. The molecule has 7 heteroatoms. The van der Waals surface area contributed by atoms with Crippen LogP contribution in [0.4, 0.5) is 8.78 Å². The van der Waals surface area contributed by atoms with E-state index in [4.69, 9.17) is 0 Å². The third-order valence-corrected chi connectivity index (χ3v) is 4.76. The molecular weight excluding hydrogens is 286 g/mol. The van der Waals surface area contributed by atoms with Crippen LogP contribution in [0.1, 0.15) is 24.8 Å². The van der Waals surface area contributed by atoms with Gasteiger partial charge >= 0.3 is 0 Å². The molecule has 1 aliphatic rings. The molecule has 0 amide bonds. The van der Waals surface area contributed by atoms with Gasteiger partial charge in [-0.25, -0.2) is 21.9 Å². The van der Waals surface area contributed by atoms with E-state index >= 15 is 0 Å². The first-order valence-corrected chi connectivity index (χ1v) is 8.26. The Morgan fingerprint density at radius 2 is 2.10 bits per heavy atom. The number of hydrogen-bond acceptors (Lipinski definition) is 3. The van der Waals surface area contributed by atoms with E-state index < -0.39 is 21.7 Å². The van der Waals surface area contributed by atoms with Gasteiger partial charge in [0.15, 0.2) is 0 Å². The molecule has 112 valence electrons. The Kier molecular flexibility index (Phi) is 5.06. The Bertz CT molecular complexity index is 557. The second-order valence-electron chi connectivity index (χ2n) is 4.99. The molecule has 2 rings (SSSR count). The predicted octanol–water partition coefficient (Wildman–Crippen LogP) is 1.53. The van der Waals surface area contributed by atoms with E-state index in [9.17, 15) is 17.2 Å². The highest BCUT2D eigenvalue weighted by molar-refractivity contribution is 7.89. The summed E-state index contributed by atoms with van der Waals surface area (Å²) in [6.07, 6.45) is 2.90. The molecule has 0 saturated carbocycles. The second kappa shape index (κ2) is 6.60. The molecule has 1 unspecified atom stereocenters. The number of benzene rings is 1. The monoisotopic (exact) mass is 304 g/mol. The van der Waals surface area contributed by atoms with Crippen LogP contribution in [0, 0.1) is 11.6 Å². The molecule has 0 spiro atoms. The van der Waals surface area contributed by atoms with Gasteiger partial charge in [0.1, 0.15) is 11.6 Å². The molecule has 1 aromatic rings. The van der Waals surface area contributed by atoms with E-state index in [1.54, 1.807) is 0 Å². The lowest BCUT2D eigenvalue weighted by Crippen LogP contribution is -2.42. The molecule has 4 nitrogen and oxygen atoms in total. The molecule has 0 aliphatic carbocycles. The summed E-state index contributed by atoms with van der Waals surface area (Å²) in [5, 5.41) is 3.15. The third kappa shape index (κ3) is 4.50. The zero-order valence-corrected chi connectivity index (χ0v) is 11.8. The zero-order valence-electron chi connectivity index (χ0n) is 11.0. The van der Waals surface area contributed by atoms with Gasteiger partial charge in [0.2, 0.25) is 10.0 Å². The van der Waals surface area contributed by atoms with Crippen molar-refractivity contribution in [2.45, 2.75) is 31.8 Å². The van der Waals surface area contributed by atoms with Crippen molar-refractivity contribution >= 4 is 10.0 Å². The first-order chi connectivity index (χ1) is 9.46. The van der Waals surface area contributed by atoms with Crippen LogP contribution < -0.4 is 10.0 Å². The van der Waals surface area contributed by atoms with Gasteiger partial charge in [-0.05, 0) is 25.5 Å². The summed E-state index contributed by atoms with van der Waals surface area (Å²) >= 11 is 0. The van der Waals surface area contributed by atoms with E-state index in [1.165, 1.54) is 6.07 Å². The summed E-state index contributed by atoms with van der Waals surface area (Å²) in [5.74, 6) is -1.44. The van der Waals surface area contributed by atoms with Crippen LogP contribution in [-0.2, 0) is 16.6 Å². The Labute approximate surface area is 117 Å². The van der Waals surface area contributed by atoms with Crippen molar-refractivity contribution in [1.82, 2.24) is 10.0 Å². The largest absolute Gasteiger partial charge is 0.313 e. The molecule has 1 saturated heterocycles. The summed E-state index contributed by atoms with van der Waals surface area (Å²) in [7, 11) is -3.48. The predicted molar refractivity (Wildman–Crippen MR) is 72.6 cm³/mol. The first kappa shape index (κ1) is 15.3. The molecule has 0 radical (unpaired) electrons. The lowest BCUT2D eigenvalue weighted by Gasteiger charge is -2.23. The second-order valence-corrected chi connectivity index (χ2v) is 6.84. The summed E-state index contributed by atoms with van der Waals surface area (Å²) in [6.45, 7) is 0.661. The molecule has 1 fully saturated rings. The summed E-state index contributed by atoms with van der Waals surface area (Å²) < 4.78 is 52.3. The maximum Gasteiger partial charge on any atom is 0.213 e. The molecule has 2 N–H and O–H groups in total. The smallest absolute Gasteiger partial charge is 0.213 e. The van der Waals surface area contributed by atoms with Crippen molar-refractivity contribution in [3.63, 3.8) is 0 Å². The molecule has 0 aromatic heterocycles. The number of nitrogens with one attached hydrogen (secondary N) is 2. The number of hydrogen-bond donors (Lipinski definition) is 2. The summed E-state index contributed by atoms with van der Waals surface area (Å²) in [5.41, 5.74) is 0.131. The Balaban J connectivity index is 1.91. The average Bonchev–Trinajstić information content (AvgIpc) is 2.38. The van der Waals surface area contributed by atoms with Gasteiger partial charge in [-0.2, -0.15) is 0 Å². The Hall–Kier alpha value is -1.05. The minimum Gasteiger partial charge on any atom is -0.313 e. The average molecular weight is 304 g/mol. The number of rotatable bonds is 5. The lowest BCUT2D eigenvalue weighted by atomic mass is 10.1. The van der Waals surface area contributed by atoms with Gasteiger partial charge in [0.25, 0.3) is 0 Å². The first-order valence-electron chi connectivity index (χ1n) is 6.61. The third-order valence-electron chi connectivity index (χ3n) is 3.33. The lowest BCUT2D eigenvalue weighted by molar-refractivity contribution is 0.422. The quantitative estimate of drug-likeness (QED) is 0.867. The highest BCUT2D eigenvalue weighted by Crippen LogP contribution is 2.11. The van der Waals surface area contributed by atoms with Gasteiger partial charge in [0.05, 0.1) is 5.75 Å². The highest BCUT2D eigenvalue weighted by Gasteiger charge is 2.20. The van der Waals surface area contributed by atoms with E-state index in [0.29, 0.717) is 0 Å².